The number of benzene rings is 2. The largest absolute Gasteiger partial charge is 0.461 e. The van der Waals surface area contributed by atoms with Crippen LogP contribution in [0.3, 0.4) is 0 Å². The maximum Gasteiger partial charge on any atom is 0.357 e. The number of H-pyrrole nitrogens is 1. The molecule has 0 aliphatic heterocycles. The van der Waals surface area contributed by atoms with Crippen LogP contribution in [0, 0.1) is 0 Å². The molecular formula is C26H31N3O3. The summed E-state index contributed by atoms with van der Waals surface area (Å²) in [4.78, 5) is 20.7. The zero-order chi connectivity index (χ0) is 22.4. The van der Waals surface area contributed by atoms with Crippen LogP contribution in [0.25, 0.3) is 11.3 Å². The third-order valence-electron chi connectivity index (χ3n) is 6.18. The van der Waals surface area contributed by atoms with Gasteiger partial charge in [-0.25, -0.2) is 9.78 Å². The zero-order valence-corrected chi connectivity index (χ0v) is 18.5. The van der Waals surface area contributed by atoms with Gasteiger partial charge in [-0.3, -0.25) is 0 Å². The van der Waals surface area contributed by atoms with E-state index in [2.05, 4.69) is 22.4 Å². The van der Waals surface area contributed by atoms with Gasteiger partial charge in [-0.2, -0.15) is 0 Å². The van der Waals surface area contributed by atoms with E-state index in [-0.39, 0.29) is 12.5 Å². The maximum absolute atomic E-state index is 12.7. The second-order valence-corrected chi connectivity index (χ2v) is 8.42. The lowest BCUT2D eigenvalue weighted by molar-refractivity contribution is -0.0185. The molecule has 1 fully saturated rings. The van der Waals surface area contributed by atoms with Crippen molar-refractivity contribution in [3.8, 4) is 11.3 Å². The average Bonchev–Trinajstić information content (AvgIpc) is 3.26. The summed E-state index contributed by atoms with van der Waals surface area (Å²) in [5.41, 5.74) is 2.00. The van der Waals surface area contributed by atoms with Crippen LogP contribution in [0.15, 0.2) is 60.7 Å². The zero-order valence-electron chi connectivity index (χ0n) is 18.5. The van der Waals surface area contributed by atoms with Crippen molar-refractivity contribution in [3.63, 3.8) is 0 Å². The number of nitrogens with zero attached hydrogens (tertiary/aromatic N) is 1. The van der Waals surface area contributed by atoms with E-state index in [0.717, 1.165) is 24.8 Å². The molecule has 2 unspecified atom stereocenters. The van der Waals surface area contributed by atoms with Crippen LogP contribution in [0.2, 0.25) is 0 Å². The van der Waals surface area contributed by atoms with Crippen molar-refractivity contribution < 1.29 is 14.6 Å². The van der Waals surface area contributed by atoms with Crippen LogP contribution < -0.4 is 5.32 Å². The van der Waals surface area contributed by atoms with Gasteiger partial charge in [0.15, 0.2) is 5.69 Å². The molecule has 168 valence electrons. The summed E-state index contributed by atoms with van der Waals surface area (Å²) < 4.78 is 5.27. The number of carbonyl (C=O) groups excluding carboxylic acids is 1. The van der Waals surface area contributed by atoms with Crippen LogP contribution in [0.5, 0.6) is 0 Å². The van der Waals surface area contributed by atoms with Crippen molar-refractivity contribution in [3.05, 3.63) is 77.7 Å². The molecule has 32 heavy (non-hydrogen) atoms. The molecule has 0 bridgehead atoms. The van der Waals surface area contributed by atoms with E-state index in [1.807, 2.05) is 48.5 Å². The molecule has 2 atom stereocenters. The Kier molecular flexibility index (Phi) is 7.02. The number of ether oxygens (including phenoxy) is 1. The Morgan fingerprint density at radius 2 is 1.88 bits per heavy atom. The van der Waals surface area contributed by atoms with Crippen molar-refractivity contribution in [1.82, 2.24) is 15.3 Å². The first-order chi connectivity index (χ1) is 15.6. The molecule has 6 heteroatoms. The smallest absolute Gasteiger partial charge is 0.357 e. The number of hydrogen-bond acceptors (Lipinski definition) is 5. The number of aromatic nitrogens is 2. The number of esters is 1. The SMILES string of the molecule is CCOC(=O)c1[nH]c(C2CCCCC2(O)CNCc2ccccc2)nc1-c1ccccc1. The van der Waals surface area contributed by atoms with Crippen molar-refractivity contribution in [2.75, 3.05) is 13.2 Å². The first kappa shape index (κ1) is 22.2. The van der Waals surface area contributed by atoms with E-state index < -0.39 is 11.6 Å². The van der Waals surface area contributed by atoms with Gasteiger partial charge >= 0.3 is 5.97 Å². The molecule has 2 aromatic carbocycles. The van der Waals surface area contributed by atoms with Crippen LogP contribution in [0.1, 0.15) is 60.4 Å². The minimum atomic E-state index is -0.940. The van der Waals surface area contributed by atoms with E-state index in [0.29, 0.717) is 36.7 Å². The lowest BCUT2D eigenvalue weighted by Crippen LogP contribution is -2.47. The minimum Gasteiger partial charge on any atom is -0.461 e. The Morgan fingerprint density at radius 1 is 1.16 bits per heavy atom. The number of aliphatic hydroxyl groups is 1. The summed E-state index contributed by atoms with van der Waals surface area (Å²) in [5.74, 6) is 0.0347. The van der Waals surface area contributed by atoms with Gasteiger partial charge in [-0.15, -0.1) is 0 Å². The second-order valence-electron chi connectivity index (χ2n) is 8.42. The molecule has 1 aliphatic rings. The van der Waals surface area contributed by atoms with Crippen molar-refractivity contribution in [2.45, 2.75) is 50.7 Å². The summed E-state index contributed by atoms with van der Waals surface area (Å²) in [6.45, 7) is 3.23. The van der Waals surface area contributed by atoms with Gasteiger partial charge < -0.3 is 20.1 Å². The Hall–Kier alpha value is -2.96. The molecule has 0 spiro atoms. The second kappa shape index (κ2) is 10.1. The van der Waals surface area contributed by atoms with Gasteiger partial charge in [-0.05, 0) is 25.3 Å². The Balaban J connectivity index is 1.60. The van der Waals surface area contributed by atoms with Gasteiger partial charge in [-0.1, -0.05) is 73.5 Å². The Bertz CT molecular complexity index is 1020. The highest BCUT2D eigenvalue weighted by Crippen LogP contribution is 2.40. The lowest BCUT2D eigenvalue weighted by Gasteiger charge is -2.39. The molecule has 1 aliphatic carbocycles. The molecule has 3 N–H and O–H groups in total. The quantitative estimate of drug-likeness (QED) is 0.458. The van der Waals surface area contributed by atoms with Gasteiger partial charge in [0.05, 0.1) is 12.2 Å². The van der Waals surface area contributed by atoms with E-state index in [9.17, 15) is 9.90 Å². The molecule has 3 aromatic rings. The molecule has 1 aromatic heterocycles. The number of nitrogens with one attached hydrogen (secondary N) is 2. The summed E-state index contributed by atoms with van der Waals surface area (Å²) in [6.07, 6.45) is 3.49. The van der Waals surface area contributed by atoms with Gasteiger partial charge in [0, 0.05) is 24.6 Å². The van der Waals surface area contributed by atoms with Crippen molar-refractivity contribution in [1.29, 1.82) is 0 Å². The van der Waals surface area contributed by atoms with E-state index in [1.165, 1.54) is 5.56 Å². The van der Waals surface area contributed by atoms with E-state index >= 15 is 0 Å². The molecule has 1 saturated carbocycles. The lowest BCUT2D eigenvalue weighted by atomic mass is 9.74. The molecule has 0 radical (unpaired) electrons. The molecule has 0 amide bonds. The number of carbonyl (C=O) groups is 1. The van der Waals surface area contributed by atoms with Crippen molar-refractivity contribution >= 4 is 5.97 Å². The molecule has 1 heterocycles. The fourth-order valence-electron chi connectivity index (χ4n) is 4.56. The van der Waals surface area contributed by atoms with Crippen LogP contribution >= 0.6 is 0 Å². The molecule has 6 nitrogen and oxygen atoms in total. The molecule has 0 saturated heterocycles. The van der Waals surface area contributed by atoms with Gasteiger partial charge in [0.25, 0.3) is 0 Å². The Labute approximate surface area is 189 Å². The minimum absolute atomic E-state index is 0.190. The predicted molar refractivity (Wildman–Crippen MR) is 124 cm³/mol. The highest BCUT2D eigenvalue weighted by atomic mass is 16.5. The predicted octanol–water partition coefficient (Wildman–Crippen LogP) is 4.43. The first-order valence-corrected chi connectivity index (χ1v) is 11.4. The van der Waals surface area contributed by atoms with Gasteiger partial charge in [0.2, 0.25) is 0 Å². The monoisotopic (exact) mass is 433 g/mol. The van der Waals surface area contributed by atoms with Crippen LogP contribution in [0.4, 0.5) is 0 Å². The number of rotatable bonds is 8. The van der Waals surface area contributed by atoms with E-state index in [4.69, 9.17) is 9.72 Å². The van der Waals surface area contributed by atoms with Crippen molar-refractivity contribution in [2.24, 2.45) is 0 Å². The maximum atomic E-state index is 12.7. The number of imidazole rings is 1. The number of hydrogen-bond donors (Lipinski definition) is 3. The normalized spacial score (nSPS) is 20.8. The molecule has 4 rings (SSSR count). The topological polar surface area (TPSA) is 87.2 Å². The van der Waals surface area contributed by atoms with Gasteiger partial charge in [0.1, 0.15) is 11.5 Å². The summed E-state index contributed by atoms with van der Waals surface area (Å²) in [5, 5.41) is 15.1. The summed E-state index contributed by atoms with van der Waals surface area (Å²) in [7, 11) is 0. The highest BCUT2D eigenvalue weighted by molar-refractivity contribution is 5.94. The number of aromatic amines is 1. The fourth-order valence-corrected chi connectivity index (χ4v) is 4.56. The third-order valence-corrected chi connectivity index (χ3v) is 6.18. The third kappa shape index (κ3) is 4.92. The Morgan fingerprint density at radius 3 is 2.59 bits per heavy atom. The average molecular weight is 434 g/mol. The highest BCUT2D eigenvalue weighted by Gasteiger charge is 2.42. The van der Waals surface area contributed by atoms with E-state index in [1.54, 1.807) is 6.92 Å². The molecular weight excluding hydrogens is 402 g/mol. The summed E-state index contributed by atoms with van der Waals surface area (Å²) in [6, 6.07) is 19.8. The van der Waals surface area contributed by atoms with Crippen LogP contribution in [-0.4, -0.2) is 39.8 Å². The standard InChI is InChI=1S/C26H31N3O3/c1-2-32-25(30)23-22(20-13-7-4-8-14-20)28-24(29-23)21-15-9-10-16-26(21,31)18-27-17-19-11-5-3-6-12-19/h3-8,11-14,21,27,31H,2,9-10,15-18H2,1H3,(H,28,29). The summed E-state index contributed by atoms with van der Waals surface area (Å²) >= 11 is 0. The first-order valence-electron chi connectivity index (χ1n) is 11.4. The fraction of sp³-hybridized carbons (Fsp3) is 0.385. The van der Waals surface area contributed by atoms with Crippen LogP contribution in [-0.2, 0) is 11.3 Å².